The molecule has 0 fully saturated rings. The fourth-order valence-corrected chi connectivity index (χ4v) is 2.97. The number of halogens is 4. The number of carbonyl (C=O) groups is 2. The van der Waals surface area contributed by atoms with Crippen molar-refractivity contribution >= 4 is 29.8 Å². The summed E-state index contributed by atoms with van der Waals surface area (Å²) in [6.45, 7) is 3.16. The van der Waals surface area contributed by atoms with Crippen LogP contribution in [0, 0.1) is 24.0 Å². The second-order valence-electron chi connectivity index (χ2n) is 6.90. The lowest BCUT2D eigenvalue weighted by atomic mass is 9.96. The predicted octanol–water partition coefficient (Wildman–Crippen LogP) is 4.30. The Morgan fingerprint density at radius 1 is 1.30 bits per heavy atom. The van der Waals surface area contributed by atoms with Gasteiger partial charge in [0.25, 0.3) is 5.09 Å². The van der Waals surface area contributed by atoms with Crippen molar-refractivity contribution in [3.05, 3.63) is 43.5 Å². The van der Waals surface area contributed by atoms with Crippen LogP contribution < -0.4 is 4.74 Å². The molecule has 1 aliphatic heterocycles. The van der Waals surface area contributed by atoms with Gasteiger partial charge in [0.1, 0.15) is 11.9 Å². The number of nitrogens with zero attached hydrogens (tertiary/aromatic N) is 1. The van der Waals surface area contributed by atoms with Crippen molar-refractivity contribution in [2.24, 2.45) is 0 Å². The van der Waals surface area contributed by atoms with E-state index in [2.05, 4.69) is 14.3 Å². The van der Waals surface area contributed by atoms with Gasteiger partial charge in [0, 0.05) is 17.0 Å². The zero-order valence-electron chi connectivity index (χ0n) is 17.6. The largest absolute Gasteiger partial charge is 0.511 e. The van der Waals surface area contributed by atoms with Crippen LogP contribution in [0.25, 0.3) is 6.08 Å². The number of fused-ring (bicyclic) bond motifs is 1. The van der Waals surface area contributed by atoms with Crippen LogP contribution in [0.1, 0.15) is 30.0 Å². The summed E-state index contributed by atoms with van der Waals surface area (Å²) in [6, 6.07) is 1.33. The number of benzene rings is 1. The van der Waals surface area contributed by atoms with Crippen LogP contribution in [0.4, 0.5) is 18.0 Å². The highest BCUT2D eigenvalue weighted by atomic mass is 35.5. The van der Waals surface area contributed by atoms with E-state index in [1.165, 1.54) is 13.0 Å². The Morgan fingerprint density at radius 2 is 1.97 bits per heavy atom. The average Bonchev–Trinajstić information content (AvgIpc) is 2.70. The van der Waals surface area contributed by atoms with Crippen LogP contribution in [-0.2, 0) is 23.8 Å². The van der Waals surface area contributed by atoms with E-state index in [1.807, 2.05) is 0 Å². The molecule has 0 aliphatic carbocycles. The second kappa shape index (κ2) is 10.6. The maximum absolute atomic E-state index is 13.5. The summed E-state index contributed by atoms with van der Waals surface area (Å²) >= 11 is 6.14. The molecule has 1 aromatic carbocycles. The molecule has 0 N–H and O–H groups in total. The second-order valence-corrected chi connectivity index (χ2v) is 7.28. The van der Waals surface area contributed by atoms with Crippen molar-refractivity contribution in [2.45, 2.75) is 45.6 Å². The molecule has 2 atom stereocenters. The minimum absolute atomic E-state index is 0.0336. The molecule has 0 radical (unpaired) electrons. The van der Waals surface area contributed by atoms with Gasteiger partial charge >= 0.3 is 18.3 Å². The number of rotatable bonds is 8. The number of ether oxygens (including phenoxy) is 4. The predicted molar refractivity (Wildman–Crippen MR) is 105 cm³/mol. The molecule has 0 bridgehead atoms. The molecule has 1 unspecified atom stereocenters. The minimum atomic E-state index is -4.94. The monoisotopic (exact) mass is 497 g/mol. The van der Waals surface area contributed by atoms with Gasteiger partial charge in [-0.3, -0.25) is 0 Å². The van der Waals surface area contributed by atoms with Gasteiger partial charge in [-0.25, -0.2) is 9.59 Å². The van der Waals surface area contributed by atoms with Crippen LogP contribution >= 0.6 is 11.6 Å². The first-order valence-electron chi connectivity index (χ1n) is 9.33. The van der Waals surface area contributed by atoms with Crippen LogP contribution in [0.5, 0.6) is 5.75 Å². The molecule has 0 saturated heterocycles. The SMILES string of the molecule is Cc1cc2c(c(C)c1Cl)C=C(C(=O)OCOC(=O)OC(C)CCO[N+](=O)[O-])[C@@H](C(F)(F)F)O2. The van der Waals surface area contributed by atoms with Crippen molar-refractivity contribution in [3.63, 3.8) is 0 Å². The summed E-state index contributed by atoms with van der Waals surface area (Å²) < 4.78 is 59.4. The Morgan fingerprint density at radius 3 is 2.58 bits per heavy atom. The Balaban J connectivity index is 2.04. The van der Waals surface area contributed by atoms with E-state index in [0.717, 1.165) is 6.08 Å². The van der Waals surface area contributed by atoms with Crippen LogP contribution in [0.15, 0.2) is 11.6 Å². The lowest BCUT2D eigenvalue weighted by Crippen LogP contribution is -2.41. The normalized spacial score (nSPS) is 16.0. The first-order chi connectivity index (χ1) is 15.3. The molecule has 2 rings (SSSR count). The van der Waals surface area contributed by atoms with E-state index in [4.69, 9.17) is 21.1 Å². The van der Waals surface area contributed by atoms with E-state index in [0.29, 0.717) is 16.1 Å². The number of aryl methyl sites for hydroxylation is 1. The Hall–Kier alpha value is -3.22. The van der Waals surface area contributed by atoms with Crippen molar-refractivity contribution in [1.82, 2.24) is 0 Å². The molecule has 14 heteroatoms. The molecule has 10 nitrogen and oxygen atoms in total. The highest BCUT2D eigenvalue weighted by Crippen LogP contribution is 2.41. The molecule has 0 aromatic heterocycles. The van der Waals surface area contributed by atoms with Crippen molar-refractivity contribution in [2.75, 3.05) is 13.4 Å². The third kappa shape index (κ3) is 6.88. The fourth-order valence-electron chi connectivity index (χ4n) is 2.81. The smallest absolute Gasteiger partial charge is 0.475 e. The standard InChI is InChI=1S/C19H19ClF3NO9/c1-9-6-14-12(11(3)15(9)20)7-13(16(33-14)19(21,22)23)17(25)29-8-30-18(26)32-10(2)4-5-31-24(27)28/h6-7,10,16H,4-5,8H2,1-3H3/t10?,16-/m0/s1. The van der Waals surface area contributed by atoms with E-state index >= 15 is 0 Å². The van der Waals surface area contributed by atoms with Crippen LogP contribution in [0.3, 0.4) is 0 Å². The van der Waals surface area contributed by atoms with Gasteiger partial charge in [0.05, 0.1) is 12.2 Å². The van der Waals surface area contributed by atoms with Crippen molar-refractivity contribution < 1.29 is 51.6 Å². The maximum Gasteiger partial charge on any atom is 0.511 e. The van der Waals surface area contributed by atoms with Gasteiger partial charge in [-0.15, -0.1) is 10.1 Å². The van der Waals surface area contributed by atoms with Gasteiger partial charge in [-0.2, -0.15) is 13.2 Å². The topological polar surface area (TPSA) is 123 Å². The molecule has 0 spiro atoms. The van der Waals surface area contributed by atoms with Crippen LogP contribution in [0.2, 0.25) is 5.02 Å². The third-order valence-corrected chi connectivity index (χ3v) is 5.02. The quantitative estimate of drug-likeness (QED) is 0.224. The zero-order valence-corrected chi connectivity index (χ0v) is 18.3. The lowest BCUT2D eigenvalue weighted by molar-refractivity contribution is -0.758. The summed E-state index contributed by atoms with van der Waals surface area (Å²) in [6.07, 6.45) is -8.76. The fraction of sp³-hybridized carbons (Fsp3) is 0.474. The Bertz CT molecular complexity index is 965. The van der Waals surface area contributed by atoms with E-state index in [1.54, 1.807) is 13.8 Å². The first-order valence-corrected chi connectivity index (χ1v) is 9.71. The number of alkyl halides is 3. The number of esters is 1. The van der Waals surface area contributed by atoms with Gasteiger partial charge in [0.15, 0.2) is 0 Å². The van der Waals surface area contributed by atoms with Gasteiger partial charge in [-0.05, 0) is 44.0 Å². The van der Waals surface area contributed by atoms with Crippen molar-refractivity contribution in [3.8, 4) is 5.75 Å². The zero-order chi connectivity index (χ0) is 24.9. The molecular weight excluding hydrogens is 479 g/mol. The molecular formula is C19H19ClF3NO9. The van der Waals surface area contributed by atoms with E-state index in [-0.39, 0.29) is 24.3 Å². The number of carbonyl (C=O) groups excluding carboxylic acids is 2. The summed E-state index contributed by atoms with van der Waals surface area (Å²) in [5.74, 6) is -1.53. The maximum atomic E-state index is 13.5. The highest BCUT2D eigenvalue weighted by Gasteiger charge is 2.49. The Kier molecular flexibility index (Phi) is 8.36. The minimum Gasteiger partial charge on any atom is -0.475 e. The van der Waals surface area contributed by atoms with Crippen molar-refractivity contribution in [1.29, 1.82) is 0 Å². The molecule has 0 saturated carbocycles. The van der Waals surface area contributed by atoms with Gasteiger partial charge < -0.3 is 23.8 Å². The summed E-state index contributed by atoms with van der Waals surface area (Å²) in [4.78, 5) is 38.0. The average molecular weight is 498 g/mol. The molecule has 0 amide bonds. The number of hydrogen-bond donors (Lipinski definition) is 0. The lowest BCUT2D eigenvalue weighted by Gasteiger charge is -2.29. The third-order valence-electron chi connectivity index (χ3n) is 4.44. The highest BCUT2D eigenvalue weighted by molar-refractivity contribution is 6.32. The van der Waals surface area contributed by atoms with E-state index in [9.17, 15) is 32.9 Å². The van der Waals surface area contributed by atoms with Crippen LogP contribution in [-0.4, -0.2) is 49.0 Å². The van der Waals surface area contributed by atoms with Gasteiger partial charge in [0.2, 0.25) is 12.9 Å². The number of hydrogen-bond acceptors (Lipinski definition) is 9. The Labute approximate surface area is 190 Å². The van der Waals surface area contributed by atoms with E-state index < -0.39 is 48.0 Å². The van der Waals surface area contributed by atoms with Gasteiger partial charge in [-0.1, -0.05) is 11.6 Å². The summed E-state index contributed by atoms with van der Waals surface area (Å²) in [7, 11) is 0. The molecule has 182 valence electrons. The first kappa shape index (κ1) is 26.0. The molecule has 1 heterocycles. The molecule has 1 aromatic rings. The summed E-state index contributed by atoms with van der Waals surface area (Å²) in [5.41, 5.74) is 0.233. The molecule has 1 aliphatic rings. The summed E-state index contributed by atoms with van der Waals surface area (Å²) in [5, 5.41) is 9.34. The molecule has 33 heavy (non-hydrogen) atoms.